The molecule has 42 heteroatoms. The van der Waals surface area contributed by atoms with Gasteiger partial charge in [-0.2, -0.15) is 0 Å². The van der Waals surface area contributed by atoms with Crippen LogP contribution >= 0.6 is 0 Å². The minimum absolute atomic E-state index is 0. The first-order chi connectivity index (χ1) is 32.4. The van der Waals surface area contributed by atoms with Crippen LogP contribution in [0.1, 0.15) is 0 Å². The number of aromatic nitrogens is 16. The molecule has 0 aliphatic heterocycles. The largest absolute Gasteiger partial charge is 2.00 e. The summed E-state index contributed by atoms with van der Waals surface area (Å²) in [6.07, 6.45) is 29.1. The summed E-state index contributed by atoms with van der Waals surface area (Å²) in [6, 6.07) is 0. The minimum atomic E-state index is -6.00. The first-order valence-electron chi connectivity index (χ1n) is 18.1. The van der Waals surface area contributed by atoms with Crippen LogP contribution in [0.2, 0.25) is 0 Å². The van der Waals surface area contributed by atoms with Gasteiger partial charge in [0.05, 0.1) is 0 Å². The molecule has 0 fully saturated rings. The summed E-state index contributed by atoms with van der Waals surface area (Å²) >= 11 is 0. The van der Waals surface area contributed by atoms with Crippen molar-refractivity contribution in [2.24, 2.45) is 0 Å². The number of hydrogen-bond donors (Lipinski definition) is 8. The van der Waals surface area contributed by atoms with Gasteiger partial charge in [-0.25, -0.2) is 39.9 Å². The van der Waals surface area contributed by atoms with Gasteiger partial charge in [0.2, 0.25) is 12.8 Å². The fourth-order valence-corrected chi connectivity index (χ4v) is 3.16. The zero-order valence-electron chi connectivity index (χ0n) is 36.7. The maximum Gasteiger partial charge on any atom is 2.00 e. The molecule has 8 rings (SSSR count). The standard InChI is InChI=1S/4C6H6N4.2C3H7NO.4BF4.2Rh/c4*1-2-8-5(7-1)6-9-3-4-10-6;2*1-4(2)3-5;4*2-1(3,4)5;;/h4*1-4H,(H,7,8)(H,9,10);2*3H,1-2H3;;;;;;/q;;;;;;4*-1;2*+2. The molecule has 0 aliphatic rings. The maximum absolute atomic E-state index is 9.75. The van der Waals surface area contributed by atoms with Crippen molar-refractivity contribution in [3.63, 3.8) is 0 Å². The van der Waals surface area contributed by atoms with Gasteiger partial charge in [-0.1, -0.05) is 0 Å². The van der Waals surface area contributed by atoms with Crippen LogP contribution < -0.4 is 0 Å². The van der Waals surface area contributed by atoms with Gasteiger partial charge in [-0.3, -0.25) is 9.59 Å². The van der Waals surface area contributed by atoms with Crippen molar-refractivity contribution < 1.29 is 118 Å². The number of aromatic amines is 8. The Morgan fingerprint density at radius 1 is 0.306 bits per heavy atom. The number of carbonyl (C=O) groups is 2. The minimum Gasteiger partial charge on any atom is -0.418 e. The zero-order valence-corrected chi connectivity index (χ0v) is 40.0. The fraction of sp³-hybridized carbons (Fsp3) is 0.133. The predicted molar refractivity (Wildman–Crippen MR) is 225 cm³/mol. The van der Waals surface area contributed by atoms with Crippen LogP contribution in [0.15, 0.2) is 99.1 Å². The average molecular weight is 1240 g/mol. The molecule has 8 heterocycles. The first-order valence-corrected chi connectivity index (χ1v) is 18.1. The van der Waals surface area contributed by atoms with Gasteiger partial charge in [-0.15, -0.1) is 0 Å². The van der Waals surface area contributed by atoms with Crippen molar-refractivity contribution in [2.75, 3.05) is 28.2 Å². The van der Waals surface area contributed by atoms with Gasteiger partial charge in [0, 0.05) is 127 Å². The van der Waals surface area contributed by atoms with Crippen LogP contribution in [-0.2, 0) is 48.5 Å². The molecular formula is C30H38B4F16N18O2Rh2. The van der Waals surface area contributed by atoms with E-state index in [1.807, 2.05) is 0 Å². The molecule has 0 bridgehead atoms. The van der Waals surface area contributed by atoms with E-state index in [4.69, 9.17) is 0 Å². The summed E-state index contributed by atoms with van der Waals surface area (Å²) in [7, 11) is -17.2. The molecular weight excluding hydrogens is 1200 g/mol. The van der Waals surface area contributed by atoms with Gasteiger partial charge < -0.3 is 119 Å². The number of amides is 2. The summed E-state index contributed by atoms with van der Waals surface area (Å²) in [5, 5.41) is 0. The van der Waals surface area contributed by atoms with Crippen LogP contribution in [0.3, 0.4) is 0 Å². The van der Waals surface area contributed by atoms with Crippen LogP contribution in [-0.4, -0.2) is 160 Å². The zero-order chi connectivity index (χ0) is 53.8. The number of halogens is 16. The van der Waals surface area contributed by atoms with Gasteiger partial charge in [0.15, 0.2) is 46.6 Å². The molecule has 0 aliphatic carbocycles. The number of carbonyl (C=O) groups excluding carboxylic acids is 2. The Hall–Kier alpha value is -6.99. The summed E-state index contributed by atoms with van der Waals surface area (Å²) in [5.41, 5.74) is 0. The number of nitrogens with zero attached hydrogens (tertiary/aromatic N) is 10. The van der Waals surface area contributed by atoms with E-state index in [-0.39, 0.29) is 39.0 Å². The fourth-order valence-electron chi connectivity index (χ4n) is 3.16. The Labute approximate surface area is 421 Å². The molecule has 0 atom stereocenters. The molecule has 20 nitrogen and oxygen atoms in total. The second-order valence-electron chi connectivity index (χ2n) is 11.6. The third kappa shape index (κ3) is 50.9. The molecule has 0 unspecified atom stereocenters. The van der Waals surface area contributed by atoms with Crippen molar-refractivity contribution in [1.82, 2.24) is 89.5 Å². The SMILES string of the molecule is CN(C)C=O.CN(C)C=O.F[B-](F)(F)F.F[B-](F)(F)F.F[B-](F)(F)F.F[B-](F)(F)F.[Rh+2].[Rh+2].c1c[nH]c(-c2ncc[nH]2)n1.c1c[nH]c(-c2ncc[nH]2)n1.c1c[nH]c(-c2ncc[nH]2)n1.c1c[nH]c(-c2ncc[nH]2)n1. The quantitative estimate of drug-likeness (QED) is 0.0455. The van der Waals surface area contributed by atoms with Crippen molar-refractivity contribution in [3.05, 3.63) is 99.1 Å². The average Bonchev–Trinajstić information content (AvgIpc) is 4.11. The van der Waals surface area contributed by atoms with Gasteiger partial charge in [0.1, 0.15) is 0 Å². The predicted octanol–water partition coefficient (Wildman–Crippen LogP) is 7.80. The van der Waals surface area contributed by atoms with Crippen molar-refractivity contribution in [3.8, 4) is 46.6 Å². The Morgan fingerprint density at radius 3 is 0.431 bits per heavy atom. The normalized spacial score (nSPS) is 9.83. The summed E-state index contributed by atoms with van der Waals surface area (Å²) < 4.78 is 156. The third-order valence-electron chi connectivity index (χ3n) is 5.30. The van der Waals surface area contributed by atoms with Crippen molar-refractivity contribution in [1.29, 1.82) is 0 Å². The van der Waals surface area contributed by atoms with Gasteiger partial charge in [-0.05, 0) is 0 Å². The molecule has 2 amide bonds. The summed E-state index contributed by atoms with van der Waals surface area (Å²) in [6.45, 7) is 0. The number of hydrogen-bond acceptors (Lipinski definition) is 10. The van der Waals surface area contributed by atoms with E-state index >= 15 is 0 Å². The monoisotopic (exact) mass is 1240 g/mol. The molecule has 8 aromatic heterocycles. The smallest absolute Gasteiger partial charge is 0.418 e. The molecule has 0 aromatic carbocycles. The number of nitrogens with one attached hydrogen (secondary N) is 8. The Kier molecular flexibility index (Phi) is 38.5. The number of imidazole rings is 8. The second kappa shape index (κ2) is 38.7. The van der Waals surface area contributed by atoms with E-state index in [0.29, 0.717) is 0 Å². The molecule has 402 valence electrons. The topological polar surface area (TPSA) is 270 Å². The van der Waals surface area contributed by atoms with E-state index in [1.54, 1.807) is 127 Å². The number of H-pyrrole nitrogens is 8. The van der Waals surface area contributed by atoms with E-state index in [2.05, 4.69) is 79.7 Å². The van der Waals surface area contributed by atoms with Gasteiger partial charge in [0.25, 0.3) is 0 Å². The van der Waals surface area contributed by atoms with Gasteiger partial charge >= 0.3 is 68.0 Å². The maximum atomic E-state index is 9.75. The number of rotatable bonds is 6. The molecule has 0 saturated carbocycles. The second-order valence-corrected chi connectivity index (χ2v) is 11.6. The van der Waals surface area contributed by atoms with Crippen molar-refractivity contribution >= 4 is 41.8 Å². The molecule has 0 saturated heterocycles. The first kappa shape index (κ1) is 71.6. The van der Waals surface area contributed by atoms with Crippen molar-refractivity contribution in [2.45, 2.75) is 0 Å². The van der Waals surface area contributed by atoms with E-state index in [0.717, 1.165) is 59.4 Å². The van der Waals surface area contributed by atoms with Crippen LogP contribution in [0, 0.1) is 0 Å². The van der Waals surface area contributed by atoms with E-state index in [9.17, 15) is 78.6 Å². The molecule has 8 aromatic rings. The van der Waals surface area contributed by atoms with E-state index in [1.165, 1.54) is 9.80 Å². The molecule has 0 spiro atoms. The van der Waals surface area contributed by atoms with Crippen LogP contribution in [0.4, 0.5) is 69.1 Å². The summed E-state index contributed by atoms with van der Waals surface area (Å²) in [5.74, 6) is 6.15. The molecule has 2 radical (unpaired) electrons. The Morgan fingerprint density at radius 2 is 0.389 bits per heavy atom. The third-order valence-corrected chi connectivity index (χ3v) is 5.30. The van der Waals surface area contributed by atoms with Crippen LogP contribution in [0.25, 0.3) is 46.6 Å². The van der Waals surface area contributed by atoms with Crippen LogP contribution in [0.5, 0.6) is 0 Å². The Balaban J connectivity index is -0.000000363. The Bertz CT molecular complexity index is 1850. The van der Waals surface area contributed by atoms with E-state index < -0.39 is 29.0 Å². The molecule has 72 heavy (non-hydrogen) atoms. The summed E-state index contributed by atoms with van der Waals surface area (Å²) in [4.78, 5) is 77.3. The molecule has 8 N–H and O–H groups in total.